The molecule has 1 saturated heterocycles. The molecule has 2 N–H and O–H groups in total. The van der Waals surface area contributed by atoms with Crippen molar-refractivity contribution in [3.8, 4) is 0 Å². The number of piperazine rings is 1. The predicted octanol–water partition coefficient (Wildman–Crippen LogP) is 2.23. The first-order valence-electron chi connectivity index (χ1n) is 12.3. The van der Waals surface area contributed by atoms with Gasteiger partial charge in [0, 0.05) is 38.3 Å². The molecule has 0 saturated carbocycles. The molecule has 0 spiro atoms. The number of aryl methyl sites for hydroxylation is 1. The molecule has 0 bridgehead atoms. The van der Waals surface area contributed by atoms with Crippen LogP contribution in [0.4, 0.5) is 16.2 Å². The number of ether oxygens (including phenoxy) is 2. The zero-order valence-electron chi connectivity index (χ0n) is 21.7. The number of anilines is 1. The van der Waals surface area contributed by atoms with Gasteiger partial charge in [0.2, 0.25) is 6.29 Å². The highest BCUT2D eigenvalue weighted by atomic mass is 16.7. The van der Waals surface area contributed by atoms with Crippen LogP contribution < -0.4 is 21.2 Å². The van der Waals surface area contributed by atoms with Gasteiger partial charge in [-0.25, -0.2) is 19.5 Å². The summed E-state index contributed by atoms with van der Waals surface area (Å²) in [4.78, 5) is 37.2. The lowest BCUT2D eigenvalue weighted by Crippen LogP contribution is -2.52. The largest absolute Gasteiger partial charge is 0.424 e. The third-order valence-electron chi connectivity index (χ3n) is 6.70. The minimum absolute atomic E-state index is 0.394. The number of nitrogens with zero attached hydrogens (tertiary/aromatic N) is 4. The molecule has 0 radical (unpaired) electrons. The predicted molar refractivity (Wildman–Crippen MR) is 138 cm³/mol. The highest BCUT2D eigenvalue weighted by Crippen LogP contribution is 2.35. The summed E-state index contributed by atoms with van der Waals surface area (Å²) in [5.74, 6) is 0.0774. The van der Waals surface area contributed by atoms with Crippen molar-refractivity contribution in [2.75, 3.05) is 38.1 Å². The van der Waals surface area contributed by atoms with Crippen molar-refractivity contribution in [2.45, 2.75) is 45.9 Å². The highest BCUT2D eigenvalue weighted by Gasteiger charge is 2.34. The van der Waals surface area contributed by atoms with Crippen LogP contribution in [-0.4, -0.2) is 66.9 Å². The van der Waals surface area contributed by atoms with Gasteiger partial charge < -0.3 is 25.0 Å². The molecule has 1 amide bonds. The van der Waals surface area contributed by atoms with Crippen molar-refractivity contribution in [1.82, 2.24) is 9.80 Å². The number of carbonyl (C=O) groups excluding carboxylic acids is 2. The quantitative estimate of drug-likeness (QED) is 0.504. The maximum absolute atomic E-state index is 13.8. The molecular weight excluding hydrogens is 458 g/mol. The Kier molecular flexibility index (Phi) is 7.33. The topological polar surface area (TPSA) is 101 Å². The van der Waals surface area contributed by atoms with E-state index in [1.165, 1.54) is 6.92 Å². The van der Waals surface area contributed by atoms with Gasteiger partial charge in [-0.2, -0.15) is 0 Å². The molecular formula is C27H35N5O4. The molecule has 192 valence electrons. The molecule has 2 aromatic rings. The Hall–Kier alpha value is -3.43. The average molecular weight is 494 g/mol. The van der Waals surface area contributed by atoms with Crippen LogP contribution in [0.3, 0.4) is 0 Å². The Labute approximate surface area is 211 Å². The van der Waals surface area contributed by atoms with Crippen molar-refractivity contribution in [3.05, 3.63) is 58.6 Å². The van der Waals surface area contributed by atoms with Crippen LogP contribution in [0.5, 0.6) is 0 Å². The van der Waals surface area contributed by atoms with E-state index in [2.05, 4.69) is 16.8 Å². The molecule has 9 heteroatoms. The van der Waals surface area contributed by atoms with E-state index in [-0.39, 0.29) is 0 Å². The summed E-state index contributed by atoms with van der Waals surface area (Å²) in [7, 11) is 2.08. The summed E-state index contributed by atoms with van der Waals surface area (Å²) < 4.78 is 11.1. The maximum Gasteiger partial charge on any atom is 0.423 e. The number of benzene rings is 2. The lowest BCUT2D eigenvalue weighted by Gasteiger charge is -2.39. The Bertz CT molecular complexity index is 1270. The van der Waals surface area contributed by atoms with E-state index >= 15 is 0 Å². The standard InChI is InChI=1S/C27H35N5O4/c1-6-27(4,28)25(33)35-19(3)36-26(34)32-23-17-18(2)11-12-22(23)29-21-10-8-7-9-20(21)24(32)31-15-13-30(5)14-16-31/h7-12,17,19H,6,13-16,28H2,1-5H3. The minimum Gasteiger partial charge on any atom is -0.424 e. The lowest BCUT2D eigenvalue weighted by molar-refractivity contribution is -0.170. The van der Waals surface area contributed by atoms with Crippen LogP contribution in [0, 0.1) is 6.92 Å². The van der Waals surface area contributed by atoms with E-state index in [9.17, 15) is 9.59 Å². The summed E-state index contributed by atoms with van der Waals surface area (Å²) in [6, 6.07) is 13.6. The first-order chi connectivity index (χ1) is 17.1. The van der Waals surface area contributed by atoms with Crippen LogP contribution >= 0.6 is 0 Å². The van der Waals surface area contributed by atoms with Crippen molar-refractivity contribution >= 4 is 29.3 Å². The van der Waals surface area contributed by atoms with Crippen LogP contribution in [0.2, 0.25) is 0 Å². The van der Waals surface area contributed by atoms with E-state index < -0.39 is 23.9 Å². The van der Waals surface area contributed by atoms with Gasteiger partial charge in [0.15, 0.2) is 0 Å². The number of esters is 1. The number of hydrogen-bond donors (Lipinski definition) is 1. The number of likely N-dealkylation sites (N-methyl/N-ethyl adjacent to an activating group) is 1. The van der Waals surface area contributed by atoms with Gasteiger partial charge in [-0.05, 0) is 57.1 Å². The molecule has 1 fully saturated rings. The van der Waals surface area contributed by atoms with Gasteiger partial charge in [0.05, 0.1) is 16.7 Å². The molecule has 2 aromatic carbocycles. The van der Waals surface area contributed by atoms with Crippen molar-refractivity contribution < 1.29 is 19.1 Å². The number of carbonyl (C=O) groups is 2. The van der Waals surface area contributed by atoms with E-state index in [0.717, 1.165) is 42.3 Å². The maximum atomic E-state index is 13.8. The Morgan fingerprint density at radius 1 is 1.11 bits per heavy atom. The zero-order valence-corrected chi connectivity index (χ0v) is 21.7. The first-order valence-corrected chi connectivity index (χ1v) is 12.3. The van der Waals surface area contributed by atoms with Gasteiger partial charge in [0.1, 0.15) is 11.4 Å². The molecule has 2 atom stereocenters. The number of rotatable bonds is 5. The fourth-order valence-electron chi connectivity index (χ4n) is 4.19. The number of amides is 1. The van der Waals surface area contributed by atoms with Crippen LogP contribution in [0.15, 0.2) is 47.5 Å². The fraction of sp³-hybridized carbons (Fsp3) is 0.444. The third kappa shape index (κ3) is 5.22. The van der Waals surface area contributed by atoms with Crippen LogP contribution in [0.25, 0.3) is 5.82 Å². The fourth-order valence-corrected chi connectivity index (χ4v) is 4.19. The molecule has 2 aliphatic rings. The van der Waals surface area contributed by atoms with E-state index in [1.54, 1.807) is 18.7 Å². The number of para-hydroxylation sites is 1. The minimum atomic E-state index is -1.16. The molecule has 2 heterocycles. The monoisotopic (exact) mass is 493 g/mol. The van der Waals surface area contributed by atoms with E-state index in [1.807, 2.05) is 49.4 Å². The molecule has 0 aromatic heterocycles. The van der Waals surface area contributed by atoms with Crippen LogP contribution in [0.1, 0.15) is 32.8 Å². The van der Waals surface area contributed by atoms with Gasteiger partial charge in [-0.3, -0.25) is 0 Å². The van der Waals surface area contributed by atoms with Gasteiger partial charge in [-0.1, -0.05) is 25.1 Å². The Balaban J connectivity index is 1.79. The second-order valence-electron chi connectivity index (χ2n) is 9.70. The van der Waals surface area contributed by atoms with Gasteiger partial charge in [-0.15, -0.1) is 0 Å². The van der Waals surface area contributed by atoms with Crippen LogP contribution in [-0.2, 0) is 14.3 Å². The summed E-state index contributed by atoms with van der Waals surface area (Å²) in [6.45, 7) is 10.1. The summed E-state index contributed by atoms with van der Waals surface area (Å²) in [5, 5.41) is 1.60. The molecule has 36 heavy (non-hydrogen) atoms. The van der Waals surface area contributed by atoms with E-state index in [4.69, 9.17) is 20.2 Å². The summed E-state index contributed by atoms with van der Waals surface area (Å²) in [5.41, 5.74) is 7.09. The highest BCUT2D eigenvalue weighted by molar-refractivity contribution is 6.01. The van der Waals surface area contributed by atoms with Crippen molar-refractivity contribution in [3.63, 3.8) is 0 Å². The molecule has 0 aliphatic carbocycles. The number of nitrogens with two attached hydrogens (primary N) is 1. The smallest absolute Gasteiger partial charge is 0.423 e. The normalized spacial score (nSPS) is 18.2. The summed E-state index contributed by atoms with van der Waals surface area (Å²) in [6.07, 6.45) is -1.39. The lowest BCUT2D eigenvalue weighted by atomic mass is 10.0. The molecule has 4 rings (SSSR count). The SMILES string of the molecule is CCC(C)(N)C(=O)OC(C)OC(=O)N1C(N2CCN(C)CC2)=c2ccccc2=Nc2ccc(C)cc21. The van der Waals surface area contributed by atoms with Crippen molar-refractivity contribution in [1.29, 1.82) is 0 Å². The van der Waals surface area contributed by atoms with Crippen molar-refractivity contribution in [2.24, 2.45) is 10.7 Å². The third-order valence-corrected chi connectivity index (χ3v) is 6.70. The molecule has 9 nitrogen and oxygen atoms in total. The van der Waals surface area contributed by atoms with E-state index in [0.29, 0.717) is 23.6 Å². The number of fused-ring (bicyclic) bond motifs is 2. The number of hydrogen-bond acceptors (Lipinski definition) is 8. The van der Waals surface area contributed by atoms with Gasteiger partial charge in [0.25, 0.3) is 0 Å². The Morgan fingerprint density at radius 2 is 1.81 bits per heavy atom. The molecule has 2 unspecified atom stereocenters. The zero-order chi connectivity index (χ0) is 26.0. The second kappa shape index (κ2) is 10.3. The Morgan fingerprint density at radius 3 is 2.50 bits per heavy atom. The summed E-state index contributed by atoms with van der Waals surface area (Å²) >= 11 is 0. The average Bonchev–Trinajstić information content (AvgIpc) is 2.98. The first kappa shape index (κ1) is 25.7. The van der Waals surface area contributed by atoms with Gasteiger partial charge >= 0.3 is 12.1 Å². The molecule has 2 aliphatic heterocycles. The second-order valence-corrected chi connectivity index (χ2v) is 9.70.